The molecule has 0 saturated carbocycles. The molecule has 102 valence electrons. The number of nitrogens with one attached hydrogen (secondary N) is 1. The van der Waals surface area contributed by atoms with Crippen molar-refractivity contribution >= 4 is 5.91 Å². The Bertz CT molecular complexity index is 205. The first-order chi connectivity index (χ1) is 7.90. The van der Waals surface area contributed by atoms with Crippen molar-refractivity contribution < 1.29 is 4.79 Å². The molecule has 0 rings (SSSR count). The summed E-state index contributed by atoms with van der Waals surface area (Å²) in [5.41, 5.74) is 0.415. The Morgan fingerprint density at radius 2 is 1.71 bits per heavy atom. The van der Waals surface area contributed by atoms with E-state index in [-0.39, 0.29) is 5.91 Å². The molecular weight excluding hydrogens is 212 g/mol. The van der Waals surface area contributed by atoms with E-state index in [1.165, 1.54) is 12.8 Å². The lowest BCUT2D eigenvalue weighted by molar-refractivity contribution is -0.130. The van der Waals surface area contributed by atoms with E-state index in [0.29, 0.717) is 11.8 Å². The minimum absolute atomic E-state index is 0.262. The van der Waals surface area contributed by atoms with Gasteiger partial charge in [-0.1, -0.05) is 20.8 Å². The maximum Gasteiger partial charge on any atom is 0.223 e. The van der Waals surface area contributed by atoms with Gasteiger partial charge in [0.2, 0.25) is 5.91 Å². The van der Waals surface area contributed by atoms with Crippen molar-refractivity contribution in [1.29, 1.82) is 0 Å². The number of nitrogens with zero attached hydrogens (tertiary/aromatic N) is 1. The maximum atomic E-state index is 11.7. The van der Waals surface area contributed by atoms with Gasteiger partial charge in [-0.25, -0.2) is 0 Å². The van der Waals surface area contributed by atoms with Crippen molar-refractivity contribution in [3.63, 3.8) is 0 Å². The highest BCUT2D eigenvalue weighted by atomic mass is 16.2. The molecular formula is C14H30N2O. The third kappa shape index (κ3) is 9.16. The lowest BCUT2D eigenvalue weighted by Gasteiger charge is -2.19. The van der Waals surface area contributed by atoms with Crippen LogP contribution in [-0.4, -0.2) is 37.0 Å². The molecule has 3 nitrogen and oxygen atoms in total. The molecule has 0 heterocycles. The van der Waals surface area contributed by atoms with Crippen LogP contribution in [0.15, 0.2) is 0 Å². The van der Waals surface area contributed by atoms with Crippen molar-refractivity contribution in [2.45, 2.75) is 53.9 Å². The molecule has 0 aromatic carbocycles. The third-order valence-corrected chi connectivity index (χ3v) is 2.91. The zero-order valence-electron chi connectivity index (χ0n) is 12.3. The highest BCUT2D eigenvalue weighted by molar-refractivity contribution is 5.76. The molecule has 0 unspecified atom stereocenters. The summed E-state index contributed by atoms with van der Waals surface area (Å²) in [5.74, 6) is 0.262. The van der Waals surface area contributed by atoms with E-state index in [0.717, 1.165) is 26.2 Å². The van der Waals surface area contributed by atoms with Crippen molar-refractivity contribution in [3.05, 3.63) is 0 Å². The van der Waals surface area contributed by atoms with Crippen LogP contribution in [0.4, 0.5) is 0 Å². The molecule has 1 N–H and O–H groups in total. The van der Waals surface area contributed by atoms with Gasteiger partial charge in [0.1, 0.15) is 0 Å². The first kappa shape index (κ1) is 16.4. The Kier molecular flexibility index (Phi) is 8.23. The number of rotatable bonds is 8. The first-order valence-corrected chi connectivity index (χ1v) is 6.89. The molecule has 0 aliphatic rings. The number of carbonyl (C=O) groups is 1. The lowest BCUT2D eigenvalue weighted by atomic mass is 9.91. The average Bonchev–Trinajstić information content (AvgIpc) is 2.23. The van der Waals surface area contributed by atoms with Gasteiger partial charge >= 0.3 is 0 Å². The molecule has 0 spiro atoms. The molecule has 17 heavy (non-hydrogen) atoms. The van der Waals surface area contributed by atoms with Gasteiger partial charge in [-0.2, -0.15) is 0 Å². The van der Waals surface area contributed by atoms with Crippen LogP contribution in [0.25, 0.3) is 0 Å². The Morgan fingerprint density at radius 1 is 1.12 bits per heavy atom. The van der Waals surface area contributed by atoms with Crippen LogP contribution < -0.4 is 5.32 Å². The Labute approximate surface area is 107 Å². The Morgan fingerprint density at radius 3 is 2.18 bits per heavy atom. The summed E-state index contributed by atoms with van der Waals surface area (Å²) >= 11 is 0. The van der Waals surface area contributed by atoms with Crippen LogP contribution in [0.3, 0.4) is 0 Å². The zero-order chi connectivity index (χ0) is 13.3. The van der Waals surface area contributed by atoms with E-state index in [2.05, 4.69) is 26.1 Å². The van der Waals surface area contributed by atoms with Crippen LogP contribution >= 0.6 is 0 Å². The van der Waals surface area contributed by atoms with E-state index in [4.69, 9.17) is 0 Å². The van der Waals surface area contributed by atoms with Gasteiger partial charge in [0.15, 0.2) is 0 Å². The molecule has 0 radical (unpaired) electrons. The van der Waals surface area contributed by atoms with Crippen LogP contribution in [-0.2, 0) is 4.79 Å². The maximum absolute atomic E-state index is 11.7. The van der Waals surface area contributed by atoms with Gasteiger partial charge in [0, 0.05) is 26.1 Å². The predicted molar refractivity (Wildman–Crippen MR) is 74.1 cm³/mol. The first-order valence-electron chi connectivity index (χ1n) is 6.89. The topological polar surface area (TPSA) is 32.3 Å². The summed E-state index contributed by atoms with van der Waals surface area (Å²) in [6, 6.07) is 0. The summed E-state index contributed by atoms with van der Waals surface area (Å²) in [6.45, 7) is 14.3. The van der Waals surface area contributed by atoms with Crippen LogP contribution in [0.5, 0.6) is 0 Å². The van der Waals surface area contributed by atoms with E-state index in [9.17, 15) is 4.79 Å². The molecule has 0 aromatic heterocycles. The summed E-state index contributed by atoms with van der Waals surface area (Å²) in [7, 11) is 0. The van der Waals surface area contributed by atoms with Gasteiger partial charge in [-0.15, -0.1) is 0 Å². The predicted octanol–water partition coefficient (Wildman–Crippen LogP) is 2.66. The standard InChI is InChI=1S/C14H30N2O/c1-6-16(7-2)13(17)9-12-15-11-8-10-14(3,4)5/h15H,6-12H2,1-5H3. The average molecular weight is 242 g/mol. The van der Waals surface area contributed by atoms with Crippen molar-refractivity contribution in [2.24, 2.45) is 5.41 Å². The number of hydrogen-bond donors (Lipinski definition) is 1. The number of carbonyl (C=O) groups excluding carboxylic acids is 1. The van der Waals surface area contributed by atoms with Gasteiger partial charge in [-0.05, 0) is 38.6 Å². The van der Waals surface area contributed by atoms with Gasteiger partial charge in [0.05, 0.1) is 0 Å². The molecule has 0 fully saturated rings. The fourth-order valence-corrected chi connectivity index (χ4v) is 1.80. The van der Waals surface area contributed by atoms with Gasteiger partial charge < -0.3 is 10.2 Å². The summed E-state index contributed by atoms with van der Waals surface area (Å²) in [5, 5.41) is 3.34. The minimum atomic E-state index is 0.262. The Balaban J connectivity index is 3.49. The second-order valence-corrected chi connectivity index (χ2v) is 5.73. The lowest BCUT2D eigenvalue weighted by Crippen LogP contribution is -2.33. The smallest absolute Gasteiger partial charge is 0.223 e. The second kappa shape index (κ2) is 8.51. The molecule has 3 heteroatoms. The minimum Gasteiger partial charge on any atom is -0.343 e. The number of hydrogen-bond acceptors (Lipinski definition) is 2. The molecule has 0 atom stereocenters. The molecule has 0 aromatic rings. The molecule has 0 bridgehead atoms. The SMILES string of the molecule is CCN(CC)C(=O)CCNCCCC(C)(C)C. The quantitative estimate of drug-likeness (QED) is 0.664. The molecule has 0 aliphatic carbocycles. The molecule has 1 amide bonds. The fourth-order valence-electron chi connectivity index (χ4n) is 1.80. The van der Waals surface area contributed by atoms with E-state index >= 15 is 0 Å². The van der Waals surface area contributed by atoms with E-state index in [1.807, 2.05) is 18.7 Å². The summed E-state index contributed by atoms with van der Waals surface area (Å²) < 4.78 is 0. The second-order valence-electron chi connectivity index (χ2n) is 5.73. The Hall–Kier alpha value is -0.570. The fraction of sp³-hybridized carbons (Fsp3) is 0.929. The molecule has 0 aliphatic heterocycles. The zero-order valence-corrected chi connectivity index (χ0v) is 12.3. The summed E-state index contributed by atoms with van der Waals surface area (Å²) in [4.78, 5) is 13.6. The van der Waals surface area contributed by atoms with Gasteiger partial charge in [0.25, 0.3) is 0 Å². The van der Waals surface area contributed by atoms with Crippen LogP contribution in [0.2, 0.25) is 0 Å². The largest absolute Gasteiger partial charge is 0.343 e. The normalized spacial score (nSPS) is 11.6. The van der Waals surface area contributed by atoms with E-state index in [1.54, 1.807) is 0 Å². The van der Waals surface area contributed by atoms with Crippen molar-refractivity contribution in [2.75, 3.05) is 26.2 Å². The van der Waals surface area contributed by atoms with Crippen LogP contribution in [0.1, 0.15) is 53.9 Å². The van der Waals surface area contributed by atoms with Gasteiger partial charge in [-0.3, -0.25) is 4.79 Å². The van der Waals surface area contributed by atoms with Crippen molar-refractivity contribution in [3.8, 4) is 0 Å². The molecule has 0 saturated heterocycles. The highest BCUT2D eigenvalue weighted by Crippen LogP contribution is 2.19. The van der Waals surface area contributed by atoms with Crippen LogP contribution in [0, 0.1) is 5.41 Å². The third-order valence-electron chi connectivity index (χ3n) is 2.91. The highest BCUT2D eigenvalue weighted by Gasteiger charge is 2.10. The monoisotopic (exact) mass is 242 g/mol. The number of amides is 1. The van der Waals surface area contributed by atoms with E-state index < -0.39 is 0 Å². The summed E-state index contributed by atoms with van der Waals surface area (Å²) in [6.07, 6.45) is 3.03. The van der Waals surface area contributed by atoms with Crippen molar-refractivity contribution in [1.82, 2.24) is 10.2 Å².